The van der Waals surface area contributed by atoms with Gasteiger partial charge in [0.15, 0.2) is 0 Å². The van der Waals surface area contributed by atoms with Gasteiger partial charge in [0.1, 0.15) is 0 Å². The minimum atomic E-state index is 0.134. The van der Waals surface area contributed by atoms with Crippen molar-refractivity contribution in [1.82, 2.24) is 4.90 Å². The molecule has 1 fully saturated rings. The van der Waals surface area contributed by atoms with Crippen LogP contribution in [0.4, 0.5) is 0 Å². The number of carbonyl (C=O) groups is 1. The average molecular weight is 240 g/mol. The van der Waals surface area contributed by atoms with E-state index in [0.29, 0.717) is 11.9 Å². The molecule has 1 saturated carbocycles. The van der Waals surface area contributed by atoms with Gasteiger partial charge in [-0.3, -0.25) is 4.79 Å². The van der Waals surface area contributed by atoms with Gasteiger partial charge >= 0.3 is 0 Å². The number of rotatable bonds is 2. The maximum atomic E-state index is 12.4. The summed E-state index contributed by atoms with van der Waals surface area (Å²) in [4.78, 5) is 14.3. The van der Waals surface area contributed by atoms with Gasteiger partial charge in [-0.05, 0) is 38.0 Å². The number of nitrogens with zero attached hydrogens (tertiary/aromatic N) is 1. The van der Waals surface area contributed by atoms with E-state index < -0.39 is 0 Å². The molecule has 1 aliphatic rings. The molecule has 0 saturated heterocycles. The molecule has 0 aromatic rings. The summed E-state index contributed by atoms with van der Waals surface area (Å²) >= 11 is 0. The Morgan fingerprint density at radius 2 is 1.71 bits per heavy atom. The summed E-state index contributed by atoms with van der Waals surface area (Å²) < 4.78 is 0. The molecule has 0 aromatic heterocycles. The lowest BCUT2D eigenvalue weighted by Gasteiger charge is -2.38. The van der Waals surface area contributed by atoms with E-state index in [1.54, 1.807) is 0 Å². The van der Waals surface area contributed by atoms with Crippen LogP contribution in [0.3, 0.4) is 0 Å². The van der Waals surface area contributed by atoms with E-state index in [0.717, 1.165) is 25.7 Å². The molecule has 0 heterocycles. The lowest BCUT2D eigenvalue weighted by atomic mass is 9.83. The van der Waals surface area contributed by atoms with Gasteiger partial charge in [-0.25, -0.2) is 0 Å². The van der Waals surface area contributed by atoms with Crippen LogP contribution in [0, 0.1) is 11.3 Å². The number of amides is 1. The smallest absolute Gasteiger partial charge is 0.225 e. The second-order valence-electron chi connectivity index (χ2n) is 6.60. The van der Waals surface area contributed by atoms with Crippen LogP contribution in [0.2, 0.25) is 0 Å². The lowest BCUT2D eigenvalue weighted by molar-refractivity contribution is -0.139. The fraction of sp³-hybridized carbons (Fsp3) is 0.929. The molecule has 17 heavy (non-hydrogen) atoms. The van der Waals surface area contributed by atoms with E-state index in [4.69, 9.17) is 5.73 Å². The summed E-state index contributed by atoms with van der Waals surface area (Å²) in [6, 6.07) is 0.579. The van der Waals surface area contributed by atoms with Crippen molar-refractivity contribution in [1.29, 1.82) is 0 Å². The molecule has 100 valence electrons. The van der Waals surface area contributed by atoms with Crippen molar-refractivity contribution in [3.05, 3.63) is 0 Å². The molecule has 0 spiro atoms. The fourth-order valence-electron chi connectivity index (χ4n) is 2.43. The predicted molar refractivity (Wildman–Crippen MR) is 71.6 cm³/mol. The SMILES string of the molecule is CC(N(C)C(=O)C1CCC(N)CC1)C(C)(C)C. The Hall–Kier alpha value is -0.570. The quantitative estimate of drug-likeness (QED) is 0.805. The summed E-state index contributed by atoms with van der Waals surface area (Å²) in [6.07, 6.45) is 3.91. The summed E-state index contributed by atoms with van der Waals surface area (Å²) in [5.74, 6) is 0.504. The minimum Gasteiger partial charge on any atom is -0.342 e. The molecular weight excluding hydrogens is 212 g/mol. The molecule has 0 aliphatic heterocycles. The van der Waals surface area contributed by atoms with Crippen LogP contribution in [-0.4, -0.2) is 29.9 Å². The fourth-order valence-corrected chi connectivity index (χ4v) is 2.43. The van der Waals surface area contributed by atoms with Gasteiger partial charge in [-0.1, -0.05) is 20.8 Å². The Morgan fingerprint density at radius 1 is 1.24 bits per heavy atom. The van der Waals surface area contributed by atoms with Crippen LogP contribution in [0.1, 0.15) is 53.4 Å². The molecule has 1 unspecified atom stereocenters. The van der Waals surface area contributed by atoms with Crippen molar-refractivity contribution < 1.29 is 4.79 Å². The number of carbonyl (C=O) groups excluding carboxylic acids is 1. The first kappa shape index (κ1) is 14.5. The van der Waals surface area contributed by atoms with Crippen molar-refractivity contribution in [2.75, 3.05) is 7.05 Å². The molecule has 1 amide bonds. The van der Waals surface area contributed by atoms with E-state index in [1.165, 1.54) is 0 Å². The molecule has 3 nitrogen and oxygen atoms in total. The van der Waals surface area contributed by atoms with Gasteiger partial charge in [0, 0.05) is 25.0 Å². The number of hydrogen-bond donors (Lipinski definition) is 1. The topological polar surface area (TPSA) is 46.3 Å². The van der Waals surface area contributed by atoms with E-state index in [-0.39, 0.29) is 17.4 Å². The third kappa shape index (κ3) is 3.70. The van der Waals surface area contributed by atoms with Crippen LogP contribution in [0.15, 0.2) is 0 Å². The van der Waals surface area contributed by atoms with Crippen LogP contribution < -0.4 is 5.73 Å². The minimum absolute atomic E-state index is 0.134. The van der Waals surface area contributed by atoms with Gasteiger partial charge in [0.05, 0.1) is 0 Å². The van der Waals surface area contributed by atoms with Crippen molar-refractivity contribution >= 4 is 5.91 Å². The van der Waals surface area contributed by atoms with Crippen molar-refractivity contribution in [3.8, 4) is 0 Å². The van der Waals surface area contributed by atoms with Gasteiger partial charge in [0.2, 0.25) is 5.91 Å². The first-order chi connectivity index (χ1) is 7.73. The Morgan fingerprint density at radius 3 is 2.12 bits per heavy atom. The first-order valence-corrected chi connectivity index (χ1v) is 6.75. The zero-order valence-corrected chi connectivity index (χ0v) is 12.0. The van der Waals surface area contributed by atoms with Crippen LogP contribution in [-0.2, 0) is 4.79 Å². The third-order valence-electron chi connectivity index (χ3n) is 4.30. The van der Waals surface area contributed by atoms with Crippen molar-refractivity contribution in [2.24, 2.45) is 17.1 Å². The zero-order valence-electron chi connectivity index (χ0n) is 12.0. The Kier molecular flexibility index (Phi) is 4.59. The summed E-state index contributed by atoms with van der Waals surface area (Å²) in [6.45, 7) is 8.67. The van der Waals surface area contributed by atoms with Crippen LogP contribution >= 0.6 is 0 Å². The van der Waals surface area contributed by atoms with E-state index in [2.05, 4.69) is 27.7 Å². The Labute approximate surface area is 106 Å². The Balaban J connectivity index is 2.58. The van der Waals surface area contributed by atoms with Gasteiger partial charge < -0.3 is 10.6 Å². The highest BCUT2D eigenvalue weighted by Crippen LogP contribution is 2.28. The largest absolute Gasteiger partial charge is 0.342 e. The number of hydrogen-bond acceptors (Lipinski definition) is 2. The molecule has 2 N–H and O–H groups in total. The molecule has 0 radical (unpaired) electrons. The lowest BCUT2D eigenvalue weighted by Crippen LogP contribution is -2.46. The zero-order chi connectivity index (χ0) is 13.2. The third-order valence-corrected chi connectivity index (χ3v) is 4.30. The van der Waals surface area contributed by atoms with Gasteiger partial charge in [0.25, 0.3) is 0 Å². The first-order valence-electron chi connectivity index (χ1n) is 6.75. The molecule has 3 heteroatoms. The van der Waals surface area contributed by atoms with Gasteiger partial charge in [-0.15, -0.1) is 0 Å². The molecule has 1 atom stereocenters. The number of nitrogens with two attached hydrogens (primary N) is 1. The van der Waals surface area contributed by atoms with E-state index in [9.17, 15) is 4.79 Å². The second-order valence-corrected chi connectivity index (χ2v) is 6.60. The van der Waals surface area contributed by atoms with E-state index >= 15 is 0 Å². The molecule has 1 aliphatic carbocycles. The standard InChI is InChI=1S/C14H28N2O/c1-10(14(2,3)4)16(5)13(17)11-6-8-12(15)9-7-11/h10-12H,6-9,15H2,1-5H3. The summed E-state index contributed by atoms with van der Waals surface area (Å²) in [5.41, 5.74) is 6.01. The summed E-state index contributed by atoms with van der Waals surface area (Å²) in [5, 5.41) is 0. The monoisotopic (exact) mass is 240 g/mol. The normalized spacial score (nSPS) is 27.6. The van der Waals surface area contributed by atoms with Crippen molar-refractivity contribution in [3.63, 3.8) is 0 Å². The predicted octanol–water partition coefficient (Wildman–Crippen LogP) is 2.40. The maximum Gasteiger partial charge on any atom is 0.225 e. The van der Waals surface area contributed by atoms with Crippen molar-refractivity contribution in [2.45, 2.75) is 65.5 Å². The molecular formula is C14H28N2O. The maximum absolute atomic E-state index is 12.4. The highest BCUT2D eigenvalue weighted by Gasteiger charge is 2.32. The highest BCUT2D eigenvalue weighted by molar-refractivity contribution is 5.79. The molecule has 1 rings (SSSR count). The molecule has 0 bridgehead atoms. The van der Waals surface area contributed by atoms with Crippen LogP contribution in [0.5, 0.6) is 0 Å². The Bertz CT molecular complexity index is 262. The van der Waals surface area contributed by atoms with E-state index in [1.807, 2.05) is 11.9 Å². The average Bonchev–Trinajstić information content (AvgIpc) is 2.26. The van der Waals surface area contributed by atoms with Crippen LogP contribution in [0.25, 0.3) is 0 Å². The highest BCUT2D eigenvalue weighted by atomic mass is 16.2. The molecule has 0 aromatic carbocycles. The second kappa shape index (κ2) is 5.38. The van der Waals surface area contributed by atoms with Gasteiger partial charge in [-0.2, -0.15) is 0 Å². The summed E-state index contributed by atoms with van der Waals surface area (Å²) in [7, 11) is 1.94.